The number of hydrogen-bond acceptors (Lipinski definition) is 2. The smallest absolute Gasteiger partial charge is 0.248 e. The van der Waals surface area contributed by atoms with Gasteiger partial charge in [-0.2, -0.15) is 0 Å². The van der Waals surface area contributed by atoms with Crippen molar-refractivity contribution in [2.75, 3.05) is 6.54 Å². The molecule has 1 aromatic heterocycles. The lowest BCUT2D eigenvalue weighted by atomic mass is 9.94. The Morgan fingerprint density at radius 1 is 1.14 bits per heavy atom. The van der Waals surface area contributed by atoms with Gasteiger partial charge in [-0.1, -0.05) is 42.8 Å². The molecule has 1 atom stereocenters. The molecule has 1 saturated heterocycles. The number of nitrogens with zero attached hydrogens (tertiary/aromatic N) is 1. The summed E-state index contributed by atoms with van der Waals surface area (Å²) in [7, 11) is 0. The van der Waals surface area contributed by atoms with Crippen molar-refractivity contribution in [3.05, 3.63) is 69.6 Å². The second kappa shape index (κ2) is 6.27. The maximum absolute atomic E-state index is 11.4. The average Bonchev–Trinajstić information content (AvgIpc) is 2.49. The number of pyridine rings is 1. The zero-order valence-corrected chi connectivity index (χ0v) is 12.5. The maximum atomic E-state index is 11.4. The van der Waals surface area contributed by atoms with Crippen LogP contribution in [0.5, 0.6) is 0 Å². The number of H-pyrrole nitrogens is 1. The first-order valence-electron chi connectivity index (χ1n) is 7.72. The van der Waals surface area contributed by atoms with E-state index >= 15 is 0 Å². The van der Waals surface area contributed by atoms with Gasteiger partial charge in [-0.3, -0.25) is 9.69 Å². The summed E-state index contributed by atoms with van der Waals surface area (Å²) >= 11 is 0. The second-order valence-corrected chi connectivity index (χ2v) is 5.87. The van der Waals surface area contributed by atoms with E-state index in [9.17, 15) is 4.79 Å². The Morgan fingerprint density at radius 2 is 1.95 bits per heavy atom. The highest BCUT2D eigenvalue weighted by atomic mass is 16.1. The number of aromatic amines is 1. The van der Waals surface area contributed by atoms with Gasteiger partial charge in [0.2, 0.25) is 5.56 Å². The molecule has 1 aliphatic rings. The number of likely N-dealkylation sites (tertiary alicyclic amines) is 1. The van der Waals surface area contributed by atoms with Crippen LogP contribution in [0.4, 0.5) is 0 Å². The van der Waals surface area contributed by atoms with E-state index < -0.39 is 0 Å². The standard InChI is InChI=1S/C18H22N2O/c1-14-16(10-11-18(21)19-14)17-9-5-6-12-20(17)13-15-7-3-2-4-8-15/h2-4,7-8,10-11,17H,5-6,9,12-13H2,1H3,(H,19,21)/t17-/m1/s1. The molecule has 3 nitrogen and oxygen atoms in total. The molecule has 1 aliphatic heterocycles. The van der Waals surface area contributed by atoms with Crippen LogP contribution in [0.3, 0.4) is 0 Å². The Hall–Kier alpha value is -1.87. The number of rotatable bonds is 3. The predicted octanol–water partition coefficient (Wildman–Crippen LogP) is 3.41. The van der Waals surface area contributed by atoms with Gasteiger partial charge >= 0.3 is 0 Å². The molecule has 0 spiro atoms. The van der Waals surface area contributed by atoms with Gasteiger partial charge in [0.25, 0.3) is 0 Å². The lowest BCUT2D eigenvalue weighted by molar-refractivity contribution is 0.139. The number of aryl methyl sites for hydroxylation is 1. The van der Waals surface area contributed by atoms with Crippen LogP contribution in [0.2, 0.25) is 0 Å². The summed E-state index contributed by atoms with van der Waals surface area (Å²) in [5.74, 6) is 0. The molecule has 0 amide bonds. The van der Waals surface area contributed by atoms with Crippen LogP contribution in [0, 0.1) is 6.92 Å². The van der Waals surface area contributed by atoms with Gasteiger partial charge < -0.3 is 4.98 Å². The van der Waals surface area contributed by atoms with Gasteiger partial charge in [-0.05, 0) is 37.4 Å². The summed E-state index contributed by atoms with van der Waals surface area (Å²) in [6.45, 7) is 4.11. The van der Waals surface area contributed by atoms with Gasteiger partial charge in [0.15, 0.2) is 0 Å². The molecule has 0 bridgehead atoms. The molecule has 0 unspecified atom stereocenters. The van der Waals surface area contributed by atoms with Crippen molar-refractivity contribution in [2.24, 2.45) is 0 Å². The molecule has 110 valence electrons. The van der Waals surface area contributed by atoms with E-state index in [-0.39, 0.29) is 5.56 Å². The third-order valence-electron chi connectivity index (χ3n) is 4.36. The highest BCUT2D eigenvalue weighted by Gasteiger charge is 2.25. The number of nitrogens with one attached hydrogen (secondary N) is 1. The van der Waals surface area contributed by atoms with Gasteiger partial charge in [0.05, 0.1) is 0 Å². The van der Waals surface area contributed by atoms with Crippen molar-refractivity contribution in [1.82, 2.24) is 9.88 Å². The molecule has 0 radical (unpaired) electrons. The molecule has 0 saturated carbocycles. The van der Waals surface area contributed by atoms with Crippen molar-refractivity contribution in [3.63, 3.8) is 0 Å². The number of piperidine rings is 1. The summed E-state index contributed by atoms with van der Waals surface area (Å²) in [4.78, 5) is 16.9. The van der Waals surface area contributed by atoms with Gasteiger partial charge in [-0.15, -0.1) is 0 Å². The van der Waals surface area contributed by atoms with Gasteiger partial charge in [0.1, 0.15) is 0 Å². The van der Waals surface area contributed by atoms with Crippen molar-refractivity contribution < 1.29 is 0 Å². The average molecular weight is 282 g/mol. The number of hydrogen-bond donors (Lipinski definition) is 1. The van der Waals surface area contributed by atoms with E-state index in [1.807, 2.05) is 13.0 Å². The Morgan fingerprint density at radius 3 is 2.71 bits per heavy atom. The summed E-state index contributed by atoms with van der Waals surface area (Å²) in [6.07, 6.45) is 3.68. The fourth-order valence-corrected chi connectivity index (χ4v) is 3.30. The lowest BCUT2D eigenvalue weighted by Crippen LogP contribution is -2.33. The van der Waals surface area contributed by atoms with Crippen LogP contribution in [-0.2, 0) is 6.54 Å². The zero-order valence-electron chi connectivity index (χ0n) is 12.5. The minimum absolute atomic E-state index is 0.0123. The normalized spacial score (nSPS) is 19.6. The molecule has 0 aliphatic carbocycles. The Kier molecular flexibility index (Phi) is 4.20. The van der Waals surface area contributed by atoms with Crippen LogP contribution >= 0.6 is 0 Å². The van der Waals surface area contributed by atoms with E-state index in [1.54, 1.807) is 6.07 Å². The minimum atomic E-state index is -0.0123. The summed E-state index contributed by atoms with van der Waals surface area (Å²) in [6, 6.07) is 14.7. The second-order valence-electron chi connectivity index (χ2n) is 5.87. The maximum Gasteiger partial charge on any atom is 0.248 e. The highest BCUT2D eigenvalue weighted by molar-refractivity contribution is 5.24. The third kappa shape index (κ3) is 3.24. The van der Waals surface area contributed by atoms with Gasteiger partial charge in [-0.25, -0.2) is 0 Å². The summed E-state index contributed by atoms with van der Waals surface area (Å²) in [5.41, 5.74) is 3.62. The first-order chi connectivity index (χ1) is 10.2. The highest BCUT2D eigenvalue weighted by Crippen LogP contribution is 2.32. The fourth-order valence-electron chi connectivity index (χ4n) is 3.30. The Bertz CT molecular complexity index is 648. The van der Waals surface area contributed by atoms with Crippen molar-refractivity contribution >= 4 is 0 Å². The molecule has 2 aromatic rings. The molecule has 3 rings (SSSR count). The van der Waals surface area contributed by atoms with Crippen LogP contribution < -0.4 is 5.56 Å². The number of benzene rings is 1. The van der Waals surface area contributed by atoms with Crippen LogP contribution in [0.1, 0.15) is 42.1 Å². The fraction of sp³-hybridized carbons (Fsp3) is 0.389. The van der Waals surface area contributed by atoms with E-state index in [2.05, 4.69) is 40.2 Å². The molecule has 1 aromatic carbocycles. The molecular weight excluding hydrogens is 260 g/mol. The third-order valence-corrected chi connectivity index (χ3v) is 4.36. The van der Waals surface area contributed by atoms with Crippen LogP contribution in [-0.4, -0.2) is 16.4 Å². The molecule has 2 heterocycles. The molecule has 3 heteroatoms. The zero-order chi connectivity index (χ0) is 14.7. The van der Waals surface area contributed by atoms with E-state index in [4.69, 9.17) is 0 Å². The first kappa shape index (κ1) is 14.1. The monoisotopic (exact) mass is 282 g/mol. The van der Waals surface area contributed by atoms with E-state index in [0.29, 0.717) is 6.04 Å². The molecular formula is C18H22N2O. The number of aromatic nitrogens is 1. The van der Waals surface area contributed by atoms with E-state index in [0.717, 1.165) is 18.8 Å². The lowest BCUT2D eigenvalue weighted by Gasteiger charge is -2.36. The first-order valence-corrected chi connectivity index (χ1v) is 7.72. The quantitative estimate of drug-likeness (QED) is 0.936. The molecule has 1 fully saturated rings. The summed E-state index contributed by atoms with van der Waals surface area (Å²) in [5, 5.41) is 0. The van der Waals surface area contributed by atoms with Crippen molar-refractivity contribution in [3.8, 4) is 0 Å². The van der Waals surface area contributed by atoms with Crippen molar-refractivity contribution in [2.45, 2.75) is 38.8 Å². The molecule has 21 heavy (non-hydrogen) atoms. The summed E-state index contributed by atoms with van der Waals surface area (Å²) < 4.78 is 0. The Balaban J connectivity index is 1.86. The van der Waals surface area contributed by atoms with Gasteiger partial charge in [0, 0.05) is 24.3 Å². The van der Waals surface area contributed by atoms with Crippen LogP contribution in [0.15, 0.2) is 47.3 Å². The minimum Gasteiger partial charge on any atom is -0.326 e. The largest absolute Gasteiger partial charge is 0.326 e. The topological polar surface area (TPSA) is 36.1 Å². The SMILES string of the molecule is Cc1[nH]c(=O)ccc1[C@H]1CCCCN1Cc1ccccc1. The predicted molar refractivity (Wildman–Crippen MR) is 85.2 cm³/mol. The molecule has 1 N–H and O–H groups in total. The van der Waals surface area contributed by atoms with E-state index in [1.165, 1.54) is 30.4 Å². The van der Waals surface area contributed by atoms with Crippen LogP contribution in [0.25, 0.3) is 0 Å². The Labute approximate surface area is 125 Å². The van der Waals surface area contributed by atoms with Crippen molar-refractivity contribution in [1.29, 1.82) is 0 Å².